The number of amides is 2. The van der Waals surface area contributed by atoms with E-state index in [0.29, 0.717) is 23.0 Å². The number of carbonyl (C=O) groups excluding carboxylic acids is 1. The van der Waals surface area contributed by atoms with E-state index in [4.69, 9.17) is 4.52 Å². The molecule has 1 atom stereocenters. The van der Waals surface area contributed by atoms with E-state index in [2.05, 4.69) is 31.0 Å². The van der Waals surface area contributed by atoms with E-state index in [1.807, 2.05) is 45.2 Å². The minimum Gasteiger partial charge on any atom is -0.336 e. The van der Waals surface area contributed by atoms with Gasteiger partial charge >= 0.3 is 6.03 Å². The summed E-state index contributed by atoms with van der Waals surface area (Å²) in [7, 11) is 2.05. The molecule has 1 aromatic heterocycles. The average molecular weight is 344 g/mol. The lowest BCUT2D eigenvalue weighted by Gasteiger charge is -2.30. The first-order valence-electron chi connectivity index (χ1n) is 8.46. The Labute approximate surface area is 147 Å². The van der Waals surface area contributed by atoms with Gasteiger partial charge in [-0.1, -0.05) is 17.3 Å². The van der Waals surface area contributed by atoms with Crippen molar-refractivity contribution >= 4 is 11.7 Å². The third-order valence-corrected chi connectivity index (χ3v) is 4.08. The molecule has 0 radical (unpaired) electrons. The zero-order valence-corrected chi connectivity index (χ0v) is 14.7. The molecule has 2 amide bonds. The van der Waals surface area contributed by atoms with Gasteiger partial charge in [-0.25, -0.2) is 4.79 Å². The molecule has 8 nitrogen and oxygen atoms in total. The molecule has 1 unspecified atom stereocenters. The summed E-state index contributed by atoms with van der Waals surface area (Å²) in [6, 6.07) is 7.26. The third-order valence-electron chi connectivity index (χ3n) is 4.08. The van der Waals surface area contributed by atoms with Crippen LogP contribution in [0.3, 0.4) is 0 Å². The van der Waals surface area contributed by atoms with Crippen molar-refractivity contribution in [3.05, 3.63) is 30.1 Å². The van der Waals surface area contributed by atoms with E-state index in [-0.39, 0.29) is 18.1 Å². The highest BCUT2D eigenvalue weighted by Gasteiger charge is 2.26. The average Bonchev–Trinajstić information content (AvgIpc) is 3.04. The highest BCUT2D eigenvalue weighted by Crippen LogP contribution is 2.28. The van der Waals surface area contributed by atoms with Crippen molar-refractivity contribution in [3.8, 4) is 11.5 Å². The number of nitrogens with zero attached hydrogens (tertiary/aromatic N) is 3. The van der Waals surface area contributed by atoms with Crippen molar-refractivity contribution in [1.29, 1.82) is 0 Å². The molecule has 3 N–H and O–H groups in total. The fourth-order valence-corrected chi connectivity index (χ4v) is 2.77. The molecule has 1 saturated heterocycles. The molecule has 134 valence electrons. The van der Waals surface area contributed by atoms with Crippen LogP contribution in [0.25, 0.3) is 11.5 Å². The maximum Gasteiger partial charge on any atom is 0.319 e. The molecular weight excluding hydrogens is 320 g/mol. The largest absolute Gasteiger partial charge is 0.336 e. The van der Waals surface area contributed by atoms with Gasteiger partial charge in [-0.05, 0) is 33.0 Å². The molecule has 1 fully saturated rings. The van der Waals surface area contributed by atoms with Crippen LogP contribution in [-0.2, 0) is 0 Å². The van der Waals surface area contributed by atoms with Crippen molar-refractivity contribution in [3.63, 3.8) is 0 Å². The molecule has 8 heteroatoms. The van der Waals surface area contributed by atoms with E-state index < -0.39 is 0 Å². The van der Waals surface area contributed by atoms with Crippen LogP contribution in [0.5, 0.6) is 0 Å². The fourth-order valence-electron chi connectivity index (χ4n) is 2.77. The van der Waals surface area contributed by atoms with Gasteiger partial charge in [0.1, 0.15) is 0 Å². The summed E-state index contributed by atoms with van der Waals surface area (Å²) in [6.45, 7) is 6.48. The predicted octanol–water partition coefficient (Wildman–Crippen LogP) is 1.84. The SMILES string of the molecule is CC(C)NC(=O)Nc1ccccc1-c1nc(C2CNCCN2C)no1. The molecule has 0 bridgehead atoms. The minimum absolute atomic E-state index is 0.0523. The van der Waals surface area contributed by atoms with Crippen molar-refractivity contribution in [2.24, 2.45) is 0 Å². The van der Waals surface area contributed by atoms with Gasteiger partial charge in [0.25, 0.3) is 5.89 Å². The lowest BCUT2D eigenvalue weighted by Crippen LogP contribution is -2.44. The predicted molar refractivity (Wildman–Crippen MR) is 95.3 cm³/mol. The Balaban J connectivity index is 1.81. The van der Waals surface area contributed by atoms with Crippen molar-refractivity contribution < 1.29 is 9.32 Å². The van der Waals surface area contributed by atoms with E-state index >= 15 is 0 Å². The molecule has 0 spiro atoms. The monoisotopic (exact) mass is 344 g/mol. The van der Waals surface area contributed by atoms with Gasteiger partial charge in [0.05, 0.1) is 17.3 Å². The Morgan fingerprint density at radius 3 is 2.96 bits per heavy atom. The normalized spacial score (nSPS) is 18.3. The second-order valence-corrected chi connectivity index (χ2v) is 6.46. The third kappa shape index (κ3) is 4.15. The summed E-state index contributed by atoms with van der Waals surface area (Å²) in [5.74, 6) is 1.04. The van der Waals surface area contributed by atoms with Crippen LogP contribution in [0.4, 0.5) is 10.5 Å². The lowest BCUT2D eigenvalue weighted by molar-refractivity contribution is 0.190. The van der Waals surface area contributed by atoms with Gasteiger partial charge in [0.15, 0.2) is 5.82 Å². The Morgan fingerprint density at radius 2 is 2.20 bits per heavy atom. The van der Waals surface area contributed by atoms with Crippen LogP contribution in [0.15, 0.2) is 28.8 Å². The summed E-state index contributed by atoms with van der Waals surface area (Å²) >= 11 is 0. The van der Waals surface area contributed by atoms with Crippen LogP contribution in [0.2, 0.25) is 0 Å². The summed E-state index contributed by atoms with van der Waals surface area (Å²) < 4.78 is 5.47. The fraction of sp³-hybridized carbons (Fsp3) is 0.471. The Hall–Kier alpha value is -2.45. The first kappa shape index (κ1) is 17.4. The zero-order chi connectivity index (χ0) is 17.8. The lowest BCUT2D eigenvalue weighted by atomic mass is 10.1. The van der Waals surface area contributed by atoms with Crippen LogP contribution in [0.1, 0.15) is 25.7 Å². The number of benzene rings is 1. The Kier molecular flexibility index (Phi) is 5.30. The number of urea groups is 1. The number of hydrogen-bond donors (Lipinski definition) is 3. The highest BCUT2D eigenvalue weighted by molar-refractivity contribution is 5.93. The molecule has 25 heavy (non-hydrogen) atoms. The van der Waals surface area contributed by atoms with Gasteiger partial charge in [0.2, 0.25) is 0 Å². The van der Waals surface area contributed by atoms with Gasteiger partial charge in [-0.2, -0.15) is 4.98 Å². The molecule has 1 aliphatic rings. The van der Waals surface area contributed by atoms with Gasteiger partial charge < -0.3 is 20.5 Å². The summed E-state index contributed by atoms with van der Waals surface area (Å²) in [5.41, 5.74) is 1.33. The first-order chi connectivity index (χ1) is 12.0. The summed E-state index contributed by atoms with van der Waals surface area (Å²) in [6.07, 6.45) is 0. The molecule has 0 saturated carbocycles. The summed E-state index contributed by atoms with van der Waals surface area (Å²) in [4.78, 5) is 18.8. The molecule has 1 aliphatic heterocycles. The maximum atomic E-state index is 12.0. The second-order valence-electron chi connectivity index (χ2n) is 6.46. The smallest absolute Gasteiger partial charge is 0.319 e. The minimum atomic E-state index is -0.265. The summed E-state index contributed by atoms with van der Waals surface area (Å²) in [5, 5.41) is 13.1. The number of likely N-dealkylation sites (N-methyl/N-ethyl adjacent to an activating group) is 1. The van der Waals surface area contributed by atoms with Crippen molar-refractivity contribution in [1.82, 2.24) is 25.7 Å². The van der Waals surface area contributed by atoms with Gasteiger partial charge in [-0.3, -0.25) is 4.90 Å². The van der Waals surface area contributed by atoms with Crippen LogP contribution in [-0.4, -0.2) is 53.8 Å². The molecular formula is C17H24N6O2. The van der Waals surface area contributed by atoms with Crippen molar-refractivity contribution in [2.75, 3.05) is 32.0 Å². The zero-order valence-electron chi connectivity index (χ0n) is 14.7. The molecule has 1 aromatic carbocycles. The van der Waals surface area contributed by atoms with Crippen LogP contribution in [0, 0.1) is 0 Å². The van der Waals surface area contributed by atoms with E-state index in [1.54, 1.807) is 0 Å². The number of piperazine rings is 1. The highest BCUT2D eigenvalue weighted by atomic mass is 16.5. The molecule has 0 aliphatic carbocycles. The Bertz CT molecular complexity index is 729. The van der Waals surface area contributed by atoms with E-state index in [1.165, 1.54) is 0 Å². The van der Waals surface area contributed by atoms with Crippen LogP contribution < -0.4 is 16.0 Å². The standard InChI is InChI=1S/C17H24N6O2/c1-11(2)19-17(24)20-13-7-5-4-6-12(13)16-21-15(22-25-16)14-10-18-8-9-23(14)3/h4-7,11,14,18H,8-10H2,1-3H3,(H2,19,20,24). The number of rotatable bonds is 4. The topological polar surface area (TPSA) is 95.3 Å². The molecule has 2 aromatic rings. The molecule has 3 rings (SSSR count). The van der Waals surface area contributed by atoms with E-state index in [0.717, 1.165) is 19.6 Å². The number of aromatic nitrogens is 2. The number of anilines is 1. The second kappa shape index (κ2) is 7.62. The van der Waals surface area contributed by atoms with Gasteiger partial charge in [-0.15, -0.1) is 0 Å². The van der Waals surface area contributed by atoms with Crippen molar-refractivity contribution in [2.45, 2.75) is 25.9 Å². The number of nitrogens with one attached hydrogen (secondary N) is 3. The first-order valence-corrected chi connectivity index (χ1v) is 8.46. The number of carbonyl (C=O) groups is 1. The maximum absolute atomic E-state index is 12.0. The van der Waals surface area contributed by atoms with Crippen LogP contribution >= 0.6 is 0 Å². The quantitative estimate of drug-likeness (QED) is 0.783. The Morgan fingerprint density at radius 1 is 1.40 bits per heavy atom. The number of hydrogen-bond acceptors (Lipinski definition) is 6. The molecule has 2 heterocycles. The number of para-hydroxylation sites is 1. The van der Waals surface area contributed by atoms with Gasteiger partial charge in [0, 0.05) is 25.7 Å². The van der Waals surface area contributed by atoms with E-state index in [9.17, 15) is 4.79 Å².